The summed E-state index contributed by atoms with van der Waals surface area (Å²) in [5.41, 5.74) is 8.08. The minimum atomic E-state index is -0.383. The van der Waals surface area contributed by atoms with Gasteiger partial charge in [-0.2, -0.15) is 5.10 Å². The summed E-state index contributed by atoms with van der Waals surface area (Å²) in [5.74, 6) is -0.138. The van der Waals surface area contributed by atoms with Crippen molar-refractivity contribution in [3.8, 4) is 11.1 Å². The Morgan fingerprint density at radius 2 is 1.76 bits per heavy atom. The number of aromatic nitrogens is 5. The minimum Gasteiger partial charge on any atom is -0.366 e. The van der Waals surface area contributed by atoms with E-state index in [2.05, 4.69) is 60.7 Å². The molecule has 3 aromatic heterocycles. The monoisotopic (exact) mass is 675 g/mol. The molecule has 4 aliphatic rings. The van der Waals surface area contributed by atoms with Crippen molar-refractivity contribution < 1.29 is 14.4 Å². The number of para-hydroxylation sites is 1. The lowest BCUT2D eigenvalue weighted by molar-refractivity contribution is -0.117. The molecule has 4 aromatic rings. The molecular weight excluding hydrogens is 634 g/mol. The van der Waals surface area contributed by atoms with Gasteiger partial charge in [0.15, 0.2) is 11.5 Å². The van der Waals surface area contributed by atoms with Crippen LogP contribution in [-0.2, 0) is 17.9 Å². The third-order valence-corrected chi connectivity index (χ3v) is 10.1. The Balaban J connectivity index is 1.01. The van der Waals surface area contributed by atoms with Gasteiger partial charge in [-0.3, -0.25) is 24.0 Å². The second-order valence-corrected chi connectivity index (χ2v) is 13.7. The highest BCUT2D eigenvalue weighted by Gasteiger charge is 2.36. The third kappa shape index (κ3) is 5.93. The van der Waals surface area contributed by atoms with Crippen LogP contribution in [0, 0.1) is 12.8 Å². The van der Waals surface area contributed by atoms with Gasteiger partial charge in [-0.25, -0.2) is 4.98 Å². The summed E-state index contributed by atoms with van der Waals surface area (Å²) in [6.45, 7) is 6.70. The summed E-state index contributed by atoms with van der Waals surface area (Å²) in [4.78, 5) is 49.3. The van der Waals surface area contributed by atoms with Gasteiger partial charge in [0, 0.05) is 69.9 Å². The number of amides is 3. The topological polar surface area (TPSA) is 154 Å². The Hall–Kier alpha value is -5.37. The van der Waals surface area contributed by atoms with Gasteiger partial charge in [0.2, 0.25) is 5.91 Å². The van der Waals surface area contributed by atoms with E-state index < -0.39 is 0 Å². The van der Waals surface area contributed by atoms with E-state index in [1.54, 1.807) is 13.1 Å². The van der Waals surface area contributed by atoms with Gasteiger partial charge in [0.25, 0.3) is 11.8 Å². The number of hydrogen-bond donors (Lipinski definition) is 3. The Kier molecular flexibility index (Phi) is 8.17. The van der Waals surface area contributed by atoms with E-state index in [0.717, 1.165) is 91.4 Å². The third-order valence-electron chi connectivity index (χ3n) is 10.1. The van der Waals surface area contributed by atoms with Crippen molar-refractivity contribution in [3.63, 3.8) is 0 Å². The number of rotatable bonds is 9. The van der Waals surface area contributed by atoms with Gasteiger partial charge >= 0.3 is 0 Å². The first-order valence-corrected chi connectivity index (χ1v) is 17.3. The molecule has 3 fully saturated rings. The first kappa shape index (κ1) is 31.9. The van der Waals surface area contributed by atoms with E-state index in [0.29, 0.717) is 30.3 Å². The highest BCUT2D eigenvalue weighted by atomic mass is 16.2. The highest BCUT2D eigenvalue weighted by Crippen LogP contribution is 2.46. The molecule has 6 heterocycles. The van der Waals surface area contributed by atoms with Crippen LogP contribution in [-0.4, -0.2) is 92.8 Å². The zero-order valence-corrected chi connectivity index (χ0v) is 28.6. The summed E-state index contributed by atoms with van der Waals surface area (Å²) in [6, 6.07) is 13.7. The number of hydrogen-bond acceptors (Lipinski definition) is 10. The number of benzene rings is 1. The van der Waals surface area contributed by atoms with Gasteiger partial charge < -0.3 is 25.8 Å². The van der Waals surface area contributed by atoms with Crippen molar-refractivity contribution >= 4 is 40.6 Å². The molecule has 1 aromatic carbocycles. The van der Waals surface area contributed by atoms with E-state index >= 15 is 0 Å². The molecule has 8 rings (SSSR count). The van der Waals surface area contributed by atoms with Crippen LogP contribution in [0.1, 0.15) is 69.8 Å². The summed E-state index contributed by atoms with van der Waals surface area (Å²) < 4.78 is 2.19. The lowest BCUT2D eigenvalue weighted by Crippen LogP contribution is -2.48. The molecule has 258 valence electrons. The van der Waals surface area contributed by atoms with Crippen molar-refractivity contribution in [3.05, 3.63) is 70.9 Å². The van der Waals surface area contributed by atoms with Gasteiger partial charge in [-0.1, -0.05) is 18.2 Å². The maximum absolute atomic E-state index is 12.9. The second-order valence-electron chi connectivity index (χ2n) is 13.7. The second kappa shape index (κ2) is 12.8. The van der Waals surface area contributed by atoms with E-state index in [1.165, 1.54) is 0 Å². The summed E-state index contributed by atoms with van der Waals surface area (Å²) >= 11 is 0. The van der Waals surface area contributed by atoms with Crippen molar-refractivity contribution in [2.75, 3.05) is 55.8 Å². The van der Waals surface area contributed by atoms with Crippen molar-refractivity contribution in [1.82, 2.24) is 40.1 Å². The molecule has 50 heavy (non-hydrogen) atoms. The van der Waals surface area contributed by atoms with Gasteiger partial charge in [-0.05, 0) is 50.8 Å². The molecule has 3 aliphatic heterocycles. The highest BCUT2D eigenvalue weighted by molar-refractivity contribution is 6.01. The molecule has 3 N–H and O–H groups in total. The van der Waals surface area contributed by atoms with E-state index in [-0.39, 0.29) is 35.4 Å². The first-order chi connectivity index (χ1) is 24.3. The fraction of sp³-hybridized carbons (Fsp3) is 0.417. The summed E-state index contributed by atoms with van der Waals surface area (Å²) in [5, 5.41) is 22.2. The summed E-state index contributed by atoms with van der Waals surface area (Å²) in [7, 11) is 3.60. The molecule has 0 radical (unpaired) electrons. The number of carbonyl (C=O) groups is 3. The SMILES string of the molecule is CNC(=O)c1nnc(NC(=O)C2CC2)cc1Nc1cccc2c1N(C)Cc1c-2c(C)nn1C1CN(Cc2cccc(C(=O)N3CCCC3)n2)C1. The van der Waals surface area contributed by atoms with Crippen molar-refractivity contribution in [2.45, 2.75) is 51.7 Å². The maximum Gasteiger partial charge on any atom is 0.273 e. The molecule has 1 aliphatic carbocycles. The minimum absolute atomic E-state index is 0.00787. The number of carbonyl (C=O) groups excluding carboxylic acids is 3. The number of aryl methyl sites for hydroxylation is 1. The molecule has 0 unspecified atom stereocenters. The van der Waals surface area contributed by atoms with Gasteiger partial charge in [0.05, 0.1) is 46.7 Å². The molecule has 14 nitrogen and oxygen atoms in total. The predicted molar refractivity (Wildman–Crippen MR) is 188 cm³/mol. The van der Waals surface area contributed by atoms with Crippen molar-refractivity contribution in [2.24, 2.45) is 5.92 Å². The van der Waals surface area contributed by atoms with Gasteiger partial charge in [0.1, 0.15) is 5.69 Å². The standard InChI is InChI=1S/C36H41N11O3/c1-21-31-25-9-7-10-26(39-28-16-30(40-34(48)22-12-13-22)41-42-32(28)35(49)37-2)33(25)44(3)20-29(31)47(43-21)24-18-45(19-24)17-23-8-6-11-27(38-23)36(50)46-14-4-5-15-46/h6-11,16,22,24H,4-5,12-15,17-20H2,1-3H3,(H,37,49)(H2,39,40,41,48). The number of anilines is 4. The number of pyridine rings is 1. The van der Waals surface area contributed by atoms with Crippen molar-refractivity contribution in [1.29, 1.82) is 0 Å². The smallest absolute Gasteiger partial charge is 0.273 e. The number of nitrogens with zero attached hydrogens (tertiary/aromatic N) is 8. The Labute approximate surface area is 290 Å². The van der Waals surface area contributed by atoms with E-state index in [9.17, 15) is 14.4 Å². The van der Waals surface area contributed by atoms with E-state index in [4.69, 9.17) is 10.1 Å². The molecule has 14 heteroatoms. The molecule has 3 amide bonds. The molecule has 1 saturated carbocycles. The number of fused-ring (bicyclic) bond motifs is 3. The number of nitrogens with one attached hydrogen (secondary N) is 3. The van der Waals surface area contributed by atoms with Crippen LogP contribution < -0.4 is 20.9 Å². The largest absolute Gasteiger partial charge is 0.366 e. The predicted octanol–water partition coefficient (Wildman–Crippen LogP) is 3.74. The maximum atomic E-state index is 12.9. The van der Waals surface area contributed by atoms with Crippen LogP contribution in [0.25, 0.3) is 11.1 Å². The lowest BCUT2D eigenvalue weighted by Gasteiger charge is -2.40. The average molecular weight is 676 g/mol. The van der Waals surface area contributed by atoms with Crippen LogP contribution in [0.4, 0.5) is 22.9 Å². The molecule has 2 saturated heterocycles. The average Bonchev–Trinajstić information content (AvgIpc) is 3.72. The number of likely N-dealkylation sites (tertiary alicyclic amines) is 2. The zero-order valence-electron chi connectivity index (χ0n) is 28.6. The van der Waals surface area contributed by atoms with Crippen LogP contribution in [0.2, 0.25) is 0 Å². The quantitative estimate of drug-likeness (QED) is 0.239. The Morgan fingerprint density at radius 1 is 0.980 bits per heavy atom. The Bertz CT molecular complexity index is 1990. The fourth-order valence-electron chi connectivity index (χ4n) is 7.34. The molecule has 0 spiro atoms. The molecular formula is C36H41N11O3. The van der Waals surface area contributed by atoms with Gasteiger partial charge in [-0.15, -0.1) is 10.2 Å². The van der Waals surface area contributed by atoms with Crippen LogP contribution in [0.3, 0.4) is 0 Å². The van der Waals surface area contributed by atoms with Crippen LogP contribution in [0.5, 0.6) is 0 Å². The normalized spacial score (nSPS) is 17.2. The molecule has 0 atom stereocenters. The lowest BCUT2D eigenvalue weighted by atomic mass is 9.95. The summed E-state index contributed by atoms with van der Waals surface area (Å²) in [6.07, 6.45) is 3.86. The Morgan fingerprint density at radius 3 is 2.52 bits per heavy atom. The van der Waals surface area contributed by atoms with Crippen LogP contribution in [0.15, 0.2) is 42.5 Å². The van der Waals surface area contributed by atoms with E-state index in [1.807, 2.05) is 35.2 Å². The fourth-order valence-corrected chi connectivity index (χ4v) is 7.34. The van der Waals surface area contributed by atoms with Crippen LogP contribution >= 0.6 is 0 Å². The molecule has 0 bridgehead atoms. The first-order valence-electron chi connectivity index (χ1n) is 17.3. The zero-order chi connectivity index (χ0) is 34.5.